The third-order valence-electron chi connectivity index (χ3n) is 3.95. The average Bonchev–Trinajstić information content (AvgIpc) is 2.96. The van der Waals surface area contributed by atoms with Gasteiger partial charge in [-0.2, -0.15) is 0 Å². The number of aliphatic hydroxyl groups excluding tert-OH is 1. The van der Waals surface area contributed by atoms with Gasteiger partial charge in [0.15, 0.2) is 0 Å². The number of likely N-dealkylation sites (tertiary alicyclic amines) is 1. The summed E-state index contributed by atoms with van der Waals surface area (Å²) >= 11 is 1.16. The molecule has 1 saturated carbocycles. The molecule has 0 spiro atoms. The molecule has 1 N–H and O–H groups in total. The summed E-state index contributed by atoms with van der Waals surface area (Å²) in [6.45, 7) is 3.27. The average molecular weight is 253 g/mol. The molecule has 6 heteroatoms. The summed E-state index contributed by atoms with van der Waals surface area (Å²) in [5, 5.41) is 13.7. The lowest BCUT2D eigenvalue weighted by Gasteiger charge is -2.17. The summed E-state index contributed by atoms with van der Waals surface area (Å²) < 4.78 is 3.80. The number of fused-ring (bicyclic) bond motifs is 1. The van der Waals surface area contributed by atoms with E-state index >= 15 is 0 Å². The molecule has 1 saturated heterocycles. The van der Waals surface area contributed by atoms with Gasteiger partial charge in [-0.05, 0) is 37.2 Å². The van der Waals surface area contributed by atoms with Crippen molar-refractivity contribution in [1.29, 1.82) is 0 Å². The topological polar surface area (TPSA) is 66.3 Å². The quantitative estimate of drug-likeness (QED) is 0.799. The lowest BCUT2D eigenvalue weighted by Crippen LogP contribution is -2.30. The van der Waals surface area contributed by atoms with Gasteiger partial charge in [-0.1, -0.05) is 4.49 Å². The molecule has 0 aromatic carbocycles. The first-order chi connectivity index (χ1) is 8.16. The van der Waals surface area contributed by atoms with E-state index in [0.717, 1.165) is 30.9 Å². The zero-order chi connectivity index (χ0) is 12.0. The van der Waals surface area contributed by atoms with Crippen LogP contribution in [0.15, 0.2) is 0 Å². The zero-order valence-corrected chi connectivity index (χ0v) is 10.5. The van der Waals surface area contributed by atoms with Crippen LogP contribution in [-0.2, 0) is 0 Å². The highest BCUT2D eigenvalue weighted by Crippen LogP contribution is 2.38. The number of aromatic nitrogens is 2. The highest BCUT2D eigenvalue weighted by molar-refractivity contribution is 7.07. The van der Waals surface area contributed by atoms with Crippen molar-refractivity contribution in [2.75, 3.05) is 13.1 Å². The molecule has 0 bridgehead atoms. The maximum Gasteiger partial charge on any atom is 0.267 e. The van der Waals surface area contributed by atoms with E-state index in [4.69, 9.17) is 0 Å². The molecule has 0 radical (unpaired) electrons. The summed E-state index contributed by atoms with van der Waals surface area (Å²) in [7, 11) is 0. The van der Waals surface area contributed by atoms with Crippen molar-refractivity contribution in [2.45, 2.75) is 25.9 Å². The fraction of sp³-hybridized carbons (Fsp3) is 0.727. The van der Waals surface area contributed by atoms with Gasteiger partial charge in [0.05, 0.1) is 11.8 Å². The summed E-state index contributed by atoms with van der Waals surface area (Å²) in [6.07, 6.45) is 1.70. The SMILES string of the molecule is Cc1nnsc1C(=O)N1CC2CCC(O)C2C1. The molecule has 1 amide bonds. The van der Waals surface area contributed by atoms with Gasteiger partial charge in [-0.3, -0.25) is 4.79 Å². The Morgan fingerprint density at radius 2 is 2.29 bits per heavy atom. The van der Waals surface area contributed by atoms with E-state index in [0.29, 0.717) is 23.0 Å². The molecule has 3 rings (SSSR count). The molecule has 1 aliphatic heterocycles. The van der Waals surface area contributed by atoms with Gasteiger partial charge in [0.25, 0.3) is 5.91 Å². The minimum absolute atomic E-state index is 0.0269. The van der Waals surface area contributed by atoms with Crippen LogP contribution in [0.25, 0.3) is 0 Å². The molecule has 1 aliphatic carbocycles. The molecule has 3 atom stereocenters. The Kier molecular flexibility index (Phi) is 2.63. The van der Waals surface area contributed by atoms with E-state index in [2.05, 4.69) is 9.59 Å². The smallest absolute Gasteiger partial charge is 0.267 e. The maximum absolute atomic E-state index is 12.2. The molecule has 2 aliphatic rings. The number of rotatable bonds is 1. The number of carbonyl (C=O) groups is 1. The number of hydrogen-bond donors (Lipinski definition) is 1. The van der Waals surface area contributed by atoms with Crippen molar-refractivity contribution >= 4 is 17.4 Å². The van der Waals surface area contributed by atoms with Gasteiger partial charge in [-0.15, -0.1) is 5.10 Å². The van der Waals surface area contributed by atoms with Crippen LogP contribution < -0.4 is 0 Å². The third kappa shape index (κ3) is 1.75. The Morgan fingerprint density at radius 3 is 2.94 bits per heavy atom. The lowest BCUT2D eigenvalue weighted by molar-refractivity contribution is 0.0756. The monoisotopic (exact) mass is 253 g/mol. The number of hydrogen-bond acceptors (Lipinski definition) is 5. The van der Waals surface area contributed by atoms with E-state index < -0.39 is 0 Å². The normalized spacial score (nSPS) is 31.9. The van der Waals surface area contributed by atoms with Crippen molar-refractivity contribution in [3.8, 4) is 0 Å². The van der Waals surface area contributed by atoms with Crippen LogP contribution in [0.1, 0.15) is 28.2 Å². The van der Waals surface area contributed by atoms with Crippen molar-refractivity contribution in [3.63, 3.8) is 0 Å². The maximum atomic E-state index is 12.2. The van der Waals surface area contributed by atoms with Gasteiger partial charge >= 0.3 is 0 Å². The number of aryl methyl sites for hydroxylation is 1. The van der Waals surface area contributed by atoms with Crippen LogP contribution in [0.3, 0.4) is 0 Å². The molecule has 3 unspecified atom stereocenters. The highest BCUT2D eigenvalue weighted by atomic mass is 32.1. The highest BCUT2D eigenvalue weighted by Gasteiger charge is 2.43. The first-order valence-electron chi connectivity index (χ1n) is 5.93. The number of aliphatic hydroxyl groups is 1. The fourth-order valence-electron chi connectivity index (χ4n) is 2.97. The lowest BCUT2D eigenvalue weighted by atomic mass is 10.00. The summed E-state index contributed by atoms with van der Waals surface area (Å²) in [6, 6.07) is 0. The molecule has 1 aromatic heterocycles. The van der Waals surface area contributed by atoms with Crippen LogP contribution in [0.4, 0.5) is 0 Å². The van der Waals surface area contributed by atoms with Crippen LogP contribution in [0, 0.1) is 18.8 Å². The third-order valence-corrected chi connectivity index (χ3v) is 4.77. The van der Waals surface area contributed by atoms with Crippen molar-refractivity contribution in [2.24, 2.45) is 11.8 Å². The Hall–Kier alpha value is -1.01. The second kappa shape index (κ2) is 4.03. The van der Waals surface area contributed by atoms with Gasteiger partial charge in [0, 0.05) is 19.0 Å². The van der Waals surface area contributed by atoms with Gasteiger partial charge in [0.1, 0.15) is 4.88 Å². The van der Waals surface area contributed by atoms with Crippen molar-refractivity contribution < 1.29 is 9.90 Å². The predicted molar refractivity (Wildman–Crippen MR) is 62.8 cm³/mol. The second-order valence-corrected chi connectivity index (χ2v) is 5.72. The van der Waals surface area contributed by atoms with E-state index in [1.807, 2.05) is 11.8 Å². The molecule has 92 valence electrons. The van der Waals surface area contributed by atoms with E-state index in [9.17, 15) is 9.90 Å². The van der Waals surface area contributed by atoms with Crippen LogP contribution in [0.5, 0.6) is 0 Å². The molecular weight excluding hydrogens is 238 g/mol. The molecule has 17 heavy (non-hydrogen) atoms. The van der Waals surface area contributed by atoms with Crippen LogP contribution in [0.2, 0.25) is 0 Å². The van der Waals surface area contributed by atoms with Gasteiger partial charge in [-0.25, -0.2) is 0 Å². The fourth-order valence-corrected chi connectivity index (χ4v) is 3.60. The molecule has 2 heterocycles. The van der Waals surface area contributed by atoms with Crippen molar-refractivity contribution in [1.82, 2.24) is 14.5 Å². The standard InChI is InChI=1S/C11H15N3O2S/c1-6-10(17-13-12-6)11(16)14-4-7-2-3-9(15)8(7)5-14/h7-9,15H,2-5H2,1H3. The summed E-state index contributed by atoms with van der Waals surface area (Å²) in [4.78, 5) is 14.7. The van der Waals surface area contributed by atoms with E-state index in [1.165, 1.54) is 0 Å². The minimum Gasteiger partial charge on any atom is -0.393 e. The summed E-state index contributed by atoms with van der Waals surface area (Å²) in [5.74, 6) is 0.786. The molecule has 1 aromatic rings. The Labute approximate surface area is 104 Å². The number of carbonyl (C=O) groups excluding carboxylic acids is 1. The van der Waals surface area contributed by atoms with E-state index in [1.54, 1.807) is 0 Å². The first kappa shape index (κ1) is 11.1. The molecule has 5 nitrogen and oxygen atoms in total. The van der Waals surface area contributed by atoms with Gasteiger partial charge in [0.2, 0.25) is 0 Å². The largest absolute Gasteiger partial charge is 0.393 e. The van der Waals surface area contributed by atoms with Crippen molar-refractivity contribution in [3.05, 3.63) is 10.6 Å². The number of amides is 1. The van der Waals surface area contributed by atoms with Gasteiger partial charge < -0.3 is 10.0 Å². The Bertz CT molecular complexity index is 448. The zero-order valence-electron chi connectivity index (χ0n) is 9.67. The summed E-state index contributed by atoms with van der Waals surface area (Å²) in [5.41, 5.74) is 0.706. The second-order valence-electron chi connectivity index (χ2n) is 4.97. The van der Waals surface area contributed by atoms with Crippen LogP contribution in [-0.4, -0.2) is 44.7 Å². The first-order valence-corrected chi connectivity index (χ1v) is 6.70. The van der Waals surface area contributed by atoms with Crippen LogP contribution >= 0.6 is 11.5 Å². The Morgan fingerprint density at radius 1 is 1.47 bits per heavy atom. The molecule has 2 fully saturated rings. The number of nitrogens with zero attached hydrogens (tertiary/aromatic N) is 3. The predicted octanol–water partition coefficient (Wildman–Crippen LogP) is 0.689. The minimum atomic E-state index is -0.224. The Balaban J connectivity index is 1.75. The van der Waals surface area contributed by atoms with E-state index in [-0.39, 0.29) is 17.9 Å². The molecular formula is C11H15N3O2S.